The highest BCUT2D eigenvalue weighted by Gasteiger charge is 2.18. The van der Waals surface area contributed by atoms with Gasteiger partial charge in [-0.2, -0.15) is 0 Å². The summed E-state index contributed by atoms with van der Waals surface area (Å²) in [5.74, 6) is 1.53. The molecule has 24 heavy (non-hydrogen) atoms. The van der Waals surface area contributed by atoms with E-state index in [-0.39, 0.29) is 12.5 Å². The molecule has 0 atom stereocenters. The number of nitrogens with zero attached hydrogens (tertiary/aromatic N) is 1. The van der Waals surface area contributed by atoms with E-state index in [2.05, 4.69) is 40.0 Å². The highest BCUT2D eigenvalue weighted by molar-refractivity contribution is 5.86. The third-order valence-corrected chi connectivity index (χ3v) is 4.58. The summed E-state index contributed by atoms with van der Waals surface area (Å²) in [5, 5.41) is 9.46. The molecule has 0 unspecified atom stereocenters. The number of carbonyl (C=O) groups excluding carboxylic acids is 1. The summed E-state index contributed by atoms with van der Waals surface area (Å²) in [6.45, 7) is 3.21. The van der Waals surface area contributed by atoms with E-state index in [4.69, 9.17) is 0 Å². The molecule has 0 saturated heterocycles. The first-order valence-corrected chi connectivity index (χ1v) is 8.95. The van der Waals surface area contributed by atoms with Crippen molar-refractivity contribution in [1.29, 1.82) is 0 Å². The minimum Gasteiger partial charge on any atom is -0.354 e. The lowest BCUT2D eigenvalue weighted by atomic mass is 9.87. The molecular formula is C19H30N4O. The van der Waals surface area contributed by atoms with Crippen LogP contribution < -0.4 is 16.0 Å². The summed E-state index contributed by atoms with van der Waals surface area (Å²) in [7, 11) is 1.74. The Labute approximate surface area is 145 Å². The number of carbonyl (C=O) groups is 1. The molecule has 1 amide bonds. The van der Waals surface area contributed by atoms with Crippen LogP contribution in [0.15, 0.2) is 35.3 Å². The zero-order chi connectivity index (χ0) is 17.2. The van der Waals surface area contributed by atoms with E-state index in [9.17, 15) is 4.79 Å². The zero-order valence-corrected chi connectivity index (χ0v) is 14.8. The monoisotopic (exact) mass is 330 g/mol. The Kier molecular flexibility index (Phi) is 7.59. The van der Waals surface area contributed by atoms with Crippen LogP contribution in [0.1, 0.15) is 38.2 Å². The second-order valence-electron chi connectivity index (χ2n) is 6.61. The maximum Gasteiger partial charge on any atom is 0.239 e. The van der Waals surface area contributed by atoms with Crippen molar-refractivity contribution < 1.29 is 4.79 Å². The minimum absolute atomic E-state index is 0.00820. The Morgan fingerprint density at radius 1 is 1.12 bits per heavy atom. The highest BCUT2D eigenvalue weighted by atomic mass is 16.1. The van der Waals surface area contributed by atoms with Crippen molar-refractivity contribution in [3.8, 4) is 0 Å². The Bertz CT molecular complexity index is 521. The van der Waals surface area contributed by atoms with Gasteiger partial charge in [0.25, 0.3) is 0 Å². The zero-order valence-electron chi connectivity index (χ0n) is 14.8. The van der Waals surface area contributed by atoms with Crippen LogP contribution >= 0.6 is 0 Å². The quantitative estimate of drug-likeness (QED) is 0.553. The van der Waals surface area contributed by atoms with E-state index >= 15 is 0 Å². The van der Waals surface area contributed by atoms with Gasteiger partial charge in [0.05, 0.1) is 6.54 Å². The molecule has 1 aliphatic rings. The normalized spacial score (nSPS) is 21.2. The number of rotatable bonds is 6. The fourth-order valence-electron chi connectivity index (χ4n) is 3.01. The Balaban J connectivity index is 1.62. The Morgan fingerprint density at radius 3 is 2.50 bits per heavy atom. The lowest BCUT2D eigenvalue weighted by Gasteiger charge is -2.28. The van der Waals surface area contributed by atoms with Gasteiger partial charge in [-0.05, 0) is 43.6 Å². The topological polar surface area (TPSA) is 65.5 Å². The Morgan fingerprint density at radius 2 is 1.83 bits per heavy atom. The summed E-state index contributed by atoms with van der Waals surface area (Å²) in [4.78, 5) is 16.1. The third kappa shape index (κ3) is 6.60. The van der Waals surface area contributed by atoms with Gasteiger partial charge in [-0.1, -0.05) is 37.3 Å². The maximum absolute atomic E-state index is 11.9. The first kappa shape index (κ1) is 18.3. The molecule has 2 rings (SSSR count). The molecule has 0 radical (unpaired) electrons. The lowest BCUT2D eigenvalue weighted by Crippen LogP contribution is -2.47. The molecule has 0 aliphatic heterocycles. The third-order valence-electron chi connectivity index (χ3n) is 4.58. The molecule has 1 aromatic rings. The molecule has 1 fully saturated rings. The maximum atomic E-state index is 11.9. The van der Waals surface area contributed by atoms with E-state index < -0.39 is 0 Å². The number of amides is 1. The van der Waals surface area contributed by atoms with Crippen LogP contribution in [0.3, 0.4) is 0 Å². The van der Waals surface area contributed by atoms with E-state index in [1.807, 2.05) is 18.2 Å². The van der Waals surface area contributed by atoms with E-state index in [0.29, 0.717) is 18.5 Å². The van der Waals surface area contributed by atoms with Crippen molar-refractivity contribution in [3.63, 3.8) is 0 Å². The molecule has 3 N–H and O–H groups in total. The van der Waals surface area contributed by atoms with Crippen LogP contribution in [0.25, 0.3) is 0 Å². The number of hydrogen-bond acceptors (Lipinski definition) is 2. The van der Waals surface area contributed by atoms with Crippen molar-refractivity contribution in [1.82, 2.24) is 16.0 Å². The second-order valence-corrected chi connectivity index (χ2v) is 6.61. The van der Waals surface area contributed by atoms with Crippen molar-refractivity contribution >= 4 is 11.9 Å². The molecular weight excluding hydrogens is 300 g/mol. The van der Waals surface area contributed by atoms with Crippen molar-refractivity contribution in [3.05, 3.63) is 35.9 Å². The Hall–Kier alpha value is -2.04. The predicted molar refractivity (Wildman–Crippen MR) is 99.1 cm³/mol. The van der Waals surface area contributed by atoms with Crippen molar-refractivity contribution in [2.45, 2.75) is 45.1 Å². The summed E-state index contributed by atoms with van der Waals surface area (Å²) >= 11 is 0. The molecule has 0 bridgehead atoms. The molecule has 0 spiro atoms. The lowest BCUT2D eigenvalue weighted by molar-refractivity contribution is -0.119. The van der Waals surface area contributed by atoms with Crippen LogP contribution in [0, 0.1) is 5.92 Å². The smallest absolute Gasteiger partial charge is 0.239 e. The SMILES string of the molecule is CN=C(NCC(=O)NCCc1ccccc1)NC1CCC(C)CC1. The van der Waals surface area contributed by atoms with E-state index in [1.54, 1.807) is 7.05 Å². The van der Waals surface area contributed by atoms with Gasteiger partial charge in [-0.15, -0.1) is 0 Å². The fraction of sp³-hybridized carbons (Fsp3) is 0.579. The molecule has 5 nitrogen and oxygen atoms in total. The fourth-order valence-corrected chi connectivity index (χ4v) is 3.01. The number of nitrogens with one attached hydrogen (secondary N) is 3. The molecule has 1 saturated carbocycles. The molecule has 0 aromatic heterocycles. The summed E-state index contributed by atoms with van der Waals surface area (Å²) < 4.78 is 0. The van der Waals surface area contributed by atoms with Gasteiger partial charge in [0.15, 0.2) is 5.96 Å². The van der Waals surface area contributed by atoms with E-state index in [0.717, 1.165) is 12.3 Å². The number of guanidine groups is 1. The standard InChI is InChI=1S/C19H30N4O/c1-15-8-10-17(11-9-15)23-19(20-2)22-14-18(24)21-13-12-16-6-4-3-5-7-16/h3-7,15,17H,8-14H2,1-2H3,(H,21,24)(H2,20,22,23). The van der Waals surface area contributed by atoms with Crippen LogP contribution in [-0.4, -0.2) is 38.0 Å². The van der Waals surface area contributed by atoms with Gasteiger partial charge in [0, 0.05) is 19.6 Å². The van der Waals surface area contributed by atoms with Gasteiger partial charge >= 0.3 is 0 Å². The molecule has 1 aliphatic carbocycles. The number of aliphatic imine (C=N–C) groups is 1. The largest absolute Gasteiger partial charge is 0.354 e. The number of benzene rings is 1. The number of hydrogen-bond donors (Lipinski definition) is 3. The molecule has 0 heterocycles. The van der Waals surface area contributed by atoms with Crippen molar-refractivity contribution in [2.24, 2.45) is 10.9 Å². The van der Waals surface area contributed by atoms with Gasteiger partial charge in [0.1, 0.15) is 0 Å². The van der Waals surface area contributed by atoms with Gasteiger partial charge < -0.3 is 16.0 Å². The van der Waals surface area contributed by atoms with Crippen LogP contribution in [0.2, 0.25) is 0 Å². The van der Waals surface area contributed by atoms with Crippen LogP contribution in [-0.2, 0) is 11.2 Å². The first-order valence-electron chi connectivity index (χ1n) is 8.95. The molecule has 132 valence electrons. The van der Waals surface area contributed by atoms with Gasteiger partial charge in [0.2, 0.25) is 5.91 Å². The van der Waals surface area contributed by atoms with Crippen LogP contribution in [0.5, 0.6) is 0 Å². The van der Waals surface area contributed by atoms with Crippen molar-refractivity contribution in [2.75, 3.05) is 20.1 Å². The molecule has 1 aromatic carbocycles. The molecule has 5 heteroatoms. The average Bonchev–Trinajstić information content (AvgIpc) is 2.61. The minimum atomic E-state index is -0.00820. The summed E-state index contributed by atoms with van der Waals surface area (Å²) in [5.41, 5.74) is 1.23. The van der Waals surface area contributed by atoms with Crippen LogP contribution in [0.4, 0.5) is 0 Å². The second kappa shape index (κ2) is 9.96. The first-order chi connectivity index (χ1) is 11.7. The van der Waals surface area contributed by atoms with Gasteiger partial charge in [-0.25, -0.2) is 0 Å². The summed E-state index contributed by atoms with van der Waals surface area (Å²) in [6.07, 6.45) is 5.71. The highest BCUT2D eigenvalue weighted by Crippen LogP contribution is 2.23. The average molecular weight is 330 g/mol. The van der Waals surface area contributed by atoms with Gasteiger partial charge in [-0.3, -0.25) is 9.79 Å². The van der Waals surface area contributed by atoms with E-state index in [1.165, 1.54) is 31.2 Å². The predicted octanol–water partition coefficient (Wildman–Crippen LogP) is 2.09. The summed E-state index contributed by atoms with van der Waals surface area (Å²) in [6, 6.07) is 10.6.